The zero-order valence-electron chi connectivity index (χ0n) is 8.32. The number of aliphatic hydroxyl groups is 1. The smallest absolute Gasteiger partial charge is 0.309 e. The second kappa shape index (κ2) is 4.61. The van der Waals surface area contributed by atoms with Crippen LogP contribution in [0.4, 0.5) is 0 Å². The van der Waals surface area contributed by atoms with Gasteiger partial charge in [-0.15, -0.1) is 0 Å². The standard InChI is InChI=1S/C10H18O3/c1-7(11)4-3-5-9-6-8(2)13-10(9)12/h7-9,11H,3-6H2,1-2H3. The average Bonchev–Trinajstić information content (AvgIpc) is 2.29. The Morgan fingerprint density at radius 2 is 2.38 bits per heavy atom. The van der Waals surface area contributed by atoms with Crippen molar-refractivity contribution in [1.82, 2.24) is 0 Å². The summed E-state index contributed by atoms with van der Waals surface area (Å²) in [5.74, 6) is 0.0202. The molecule has 0 aromatic heterocycles. The molecule has 76 valence electrons. The third kappa shape index (κ3) is 3.35. The molecular formula is C10H18O3. The van der Waals surface area contributed by atoms with E-state index in [2.05, 4.69) is 0 Å². The van der Waals surface area contributed by atoms with Gasteiger partial charge in [-0.25, -0.2) is 0 Å². The van der Waals surface area contributed by atoms with Gasteiger partial charge in [0.15, 0.2) is 0 Å². The van der Waals surface area contributed by atoms with Crippen molar-refractivity contribution in [2.24, 2.45) is 5.92 Å². The van der Waals surface area contributed by atoms with Crippen molar-refractivity contribution in [3.05, 3.63) is 0 Å². The van der Waals surface area contributed by atoms with Gasteiger partial charge in [0.25, 0.3) is 0 Å². The number of ether oxygens (including phenoxy) is 1. The highest BCUT2D eigenvalue weighted by Crippen LogP contribution is 2.25. The van der Waals surface area contributed by atoms with Gasteiger partial charge in [-0.05, 0) is 33.1 Å². The van der Waals surface area contributed by atoms with Crippen LogP contribution in [0.5, 0.6) is 0 Å². The van der Waals surface area contributed by atoms with Gasteiger partial charge in [0, 0.05) is 0 Å². The molecule has 0 aromatic rings. The lowest BCUT2D eigenvalue weighted by Gasteiger charge is -2.06. The lowest BCUT2D eigenvalue weighted by molar-refractivity contribution is -0.144. The van der Waals surface area contributed by atoms with Crippen LogP contribution in [0.2, 0.25) is 0 Å². The number of carbonyl (C=O) groups is 1. The van der Waals surface area contributed by atoms with Gasteiger partial charge >= 0.3 is 5.97 Å². The molecule has 0 radical (unpaired) electrons. The number of carbonyl (C=O) groups excluding carboxylic acids is 1. The van der Waals surface area contributed by atoms with E-state index in [0.29, 0.717) is 0 Å². The number of cyclic esters (lactones) is 1. The van der Waals surface area contributed by atoms with Crippen LogP contribution in [0.25, 0.3) is 0 Å². The van der Waals surface area contributed by atoms with Crippen molar-refractivity contribution < 1.29 is 14.6 Å². The van der Waals surface area contributed by atoms with E-state index in [1.807, 2.05) is 6.92 Å². The maximum absolute atomic E-state index is 11.2. The molecule has 3 nitrogen and oxygen atoms in total. The molecule has 3 unspecified atom stereocenters. The third-order valence-corrected chi connectivity index (χ3v) is 2.44. The Hall–Kier alpha value is -0.570. The molecule has 1 rings (SSSR count). The molecule has 3 heteroatoms. The van der Waals surface area contributed by atoms with Gasteiger partial charge < -0.3 is 9.84 Å². The number of aliphatic hydroxyl groups excluding tert-OH is 1. The van der Waals surface area contributed by atoms with E-state index >= 15 is 0 Å². The van der Waals surface area contributed by atoms with Crippen molar-refractivity contribution in [1.29, 1.82) is 0 Å². The Kier molecular flexibility index (Phi) is 3.72. The Morgan fingerprint density at radius 1 is 1.69 bits per heavy atom. The van der Waals surface area contributed by atoms with Crippen LogP contribution in [0.15, 0.2) is 0 Å². The van der Waals surface area contributed by atoms with E-state index in [0.717, 1.165) is 25.7 Å². The van der Waals surface area contributed by atoms with E-state index in [1.165, 1.54) is 0 Å². The first-order valence-corrected chi connectivity index (χ1v) is 4.98. The number of esters is 1. The fourth-order valence-corrected chi connectivity index (χ4v) is 1.73. The average molecular weight is 186 g/mol. The third-order valence-electron chi connectivity index (χ3n) is 2.44. The fraction of sp³-hybridized carbons (Fsp3) is 0.900. The molecule has 0 saturated carbocycles. The van der Waals surface area contributed by atoms with Crippen LogP contribution in [0.1, 0.15) is 39.5 Å². The molecule has 0 aromatic carbocycles. The zero-order valence-corrected chi connectivity index (χ0v) is 8.32. The second-order valence-electron chi connectivity index (χ2n) is 3.96. The Labute approximate surface area is 79.1 Å². The quantitative estimate of drug-likeness (QED) is 0.676. The Morgan fingerprint density at radius 3 is 2.85 bits per heavy atom. The van der Waals surface area contributed by atoms with Crippen molar-refractivity contribution in [3.63, 3.8) is 0 Å². The zero-order chi connectivity index (χ0) is 9.84. The topological polar surface area (TPSA) is 46.5 Å². The summed E-state index contributed by atoms with van der Waals surface area (Å²) in [5.41, 5.74) is 0. The maximum atomic E-state index is 11.2. The lowest BCUT2D eigenvalue weighted by atomic mass is 9.98. The molecule has 3 atom stereocenters. The second-order valence-corrected chi connectivity index (χ2v) is 3.96. The number of rotatable bonds is 4. The summed E-state index contributed by atoms with van der Waals surface area (Å²) in [6, 6.07) is 0. The summed E-state index contributed by atoms with van der Waals surface area (Å²) < 4.78 is 5.03. The largest absolute Gasteiger partial charge is 0.462 e. The van der Waals surface area contributed by atoms with Crippen LogP contribution in [0, 0.1) is 5.92 Å². The summed E-state index contributed by atoms with van der Waals surface area (Å²) in [5, 5.41) is 9.03. The van der Waals surface area contributed by atoms with Crippen LogP contribution < -0.4 is 0 Å². The van der Waals surface area contributed by atoms with Gasteiger partial charge in [0.2, 0.25) is 0 Å². The first-order chi connectivity index (χ1) is 6.09. The molecule has 0 aliphatic carbocycles. The summed E-state index contributed by atoms with van der Waals surface area (Å²) in [7, 11) is 0. The van der Waals surface area contributed by atoms with Crippen LogP contribution in [0.3, 0.4) is 0 Å². The van der Waals surface area contributed by atoms with E-state index < -0.39 is 0 Å². The molecule has 1 N–H and O–H groups in total. The molecule has 1 fully saturated rings. The number of hydrogen-bond acceptors (Lipinski definition) is 3. The normalized spacial score (nSPS) is 30.2. The van der Waals surface area contributed by atoms with Crippen molar-refractivity contribution in [3.8, 4) is 0 Å². The van der Waals surface area contributed by atoms with Crippen molar-refractivity contribution >= 4 is 5.97 Å². The highest BCUT2D eigenvalue weighted by molar-refractivity contribution is 5.74. The SMILES string of the molecule is CC(O)CCCC1CC(C)OC1=O. The van der Waals surface area contributed by atoms with Crippen LogP contribution >= 0.6 is 0 Å². The molecule has 13 heavy (non-hydrogen) atoms. The molecule has 1 heterocycles. The van der Waals surface area contributed by atoms with Gasteiger partial charge in [-0.3, -0.25) is 4.79 Å². The van der Waals surface area contributed by atoms with Gasteiger partial charge in [-0.1, -0.05) is 6.42 Å². The summed E-state index contributed by atoms with van der Waals surface area (Å²) in [6.45, 7) is 3.70. The summed E-state index contributed by atoms with van der Waals surface area (Å²) in [4.78, 5) is 11.2. The van der Waals surface area contributed by atoms with Gasteiger partial charge in [0.1, 0.15) is 0 Å². The minimum atomic E-state index is -0.255. The maximum Gasteiger partial charge on any atom is 0.309 e. The van der Waals surface area contributed by atoms with Crippen molar-refractivity contribution in [2.45, 2.75) is 51.7 Å². The number of hydrogen-bond donors (Lipinski definition) is 1. The van der Waals surface area contributed by atoms with E-state index in [4.69, 9.17) is 9.84 Å². The molecule has 1 saturated heterocycles. The van der Waals surface area contributed by atoms with Crippen LogP contribution in [-0.2, 0) is 9.53 Å². The highest BCUT2D eigenvalue weighted by Gasteiger charge is 2.30. The Bertz CT molecular complexity index is 177. The summed E-state index contributed by atoms with van der Waals surface area (Å²) >= 11 is 0. The first-order valence-electron chi connectivity index (χ1n) is 4.98. The molecule has 0 amide bonds. The lowest BCUT2D eigenvalue weighted by Crippen LogP contribution is -2.08. The van der Waals surface area contributed by atoms with Gasteiger partial charge in [0.05, 0.1) is 18.1 Å². The highest BCUT2D eigenvalue weighted by atomic mass is 16.5. The molecule has 0 spiro atoms. The van der Waals surface area contributed by atoms with Crippen molar-refractivity contribution in [2.75, 3.05) is 0 Å². The molecule has 1 aliphatic rings. The molecule has 1 aliphatic heterocycles. The minimum absolute atomic E-state index is 0.0573. The molecular weight excluding hydrogens is 168 g/mol. The molecule has 0 bridgehead atoms. The monoisotopic (exact) mass is 186 g/mol. The predicted molar refractivity (Wildman–Crippen MR) is 49.2 cm³/mol. The van der Waals surface area contributed by atoms with Crippen LogP contribution in [-0.4, -0.2) is 23.3 Å². The Balaban J connectivity index is 2.18. The fourth-order valence-electron chi connectivity index (χ4n) is 1.73. The first kappa shape index (κ1) is 10.5. The van der Waals surface area contributed by atoms with Gasteiger partial charge in [-0.2, -0.15) is 0 Å². The summed E-state index contributed by atoms with van der Waals surface area (Å²) in [6.07, 6.45) is 3.22. The van der Waals surface area contributed by atoms with E-state index in [-0.39, 0.29) is 24.1 Å². The predicted octanol–water partition coefficient (Wildman–Crippen LogP) is 1.49. The minimum Gasteiger partial charge on any atom is -0.462 e. The van der Waals surface area contributed by atoms with E-state index in [9.17, 15) is 4.79 Å². The van der Waals surface area contributed by atoms with E-state index in [1.54, 1.807) is 6.92 Å².